The number of nitrogens with zero attached hydrogens (tertiary/aromatic N) is 1. The molecule has 0 saturated heterocycles. The molecule has 0 saturated carbocycles. The Labute approximate surface area is 172 Å². The monoisotopic (exact) mass is 400 g/mol. The van der Waals surface area contributed by atoms with Gasteiger partial charge in [-0.2, -0.15) is 0 Å². The van der Waals surface area contributed by atoms with E-state index >= 15 is 0 Å². The lowest BCUT2D eigenvalue weighted by Gasteiger charge is -2.32. The van der Waals surface area contributed by atoms with Gasteiger partial charge in [-0.3, -0.25) is 9.59 Å². The van der Waals surface area contributed by atoms with E-state index in [9.17, 15) is 9.59 Å². The van der Waals surface area contributed by atoms with Crippen LogP contribution >= 0.6 is 11.6 Å². The van der Waals surface area contributed by atoms with Gasteiger partial charge in [0.15, 0.2) is 0 Å². The molecule has 150 valence electrons. The van der Waals surface area contributed by atoms with Crippen LogP contribution in [0.25, 0.3) is 0 Å². The van der Waals surface area contributed by atoms with Crippen molar-refractivity contribution in [2.24, 2.45) is 0 Å². The Morgan fingerprint density at radius 1 is 1.11 bits per heavy atom. The van der Waals surface area contributed by atoms with Crippen molar-refractivity contribution in [1.82, 2.24) is 10.2 Å². The number of hydrogen-bond donors (Lipinski definition) is 1. The van der Waals surface area contributed by atoms with Crippen molar-refractivity contribution in [2.75, 3.05) is 0 Å². The van der Waals surface area contributed by atoms with E-state index in [1.54, 1.807) is 24.0 Å². The number of aryl methyl sites for hydroxylation is 1. The Kier molecular flexibility index (Phi) is 7.25. The molecular formula is C23H29ClN2O2. The number of hydrogen-bond acceptors (Lipinski definition) is 2. The van der Waals surface area contributed by atoms with Crippen LogP contribution in [0, 0.1) is 6.92 Å². The van der Waals surface area contributed by atoms with Crippen LogP contribution in [0.4, 0.5) is 0 Å². The van der Waals surface area contributed by atoms with Gasteiger partial charge in [0, 0.05) is 17.1 Å². The van der Waals surface area contributed by atoms with Crippen molar-refractivity contribution >= 4 is 23.4 Å². The molecule has 1 N–H and O–H groups in total. The summed E-state index contributed by atoms with van der Waals surface area (Å²) in [4.78, 5) is 27.6. The minimum absolute atomic E-state index is 0.109. The summed E-state index contributed by atoms with van der Waals surface area (Å²) in [5, 5.41) is 3.57. The molecule has 0 fully saturated rings. The quantitative estimate of drug-likeness (QED) is 0.774. The zero-order valence-electron chi connectivity index (χ0n) is 17.3. The van der Waals surface area contributed by atoms with Crippen molar-refractivity contribution < 1.29 is 9.59 Å². The number of nitrogens with one attached hydrogen (secondary N) is 1. The minimum Gasteiger partial charge on any atom is -0.350 e. The van der Waals surface area contributed by atoms with Crippen molar-refractivity contribution in [3.05, 3.63) is 70.2 Å². The topological polar surface area (TPSA) is 49.4 Å². The maximum Gasteiger partial charge on any atom is 0.242 e. The summed E-state index contributed by atoms with van der Waals surface area (Å²) in [6, 6.07) is 14.6. The first-order chi connectivity index (χ1) is 13.1. The molecular weight excluding hydrogens is 372 g/mol. The molecule has 0 spiro atoms. The van der Waals surface area contributed by atoms with Gasteiger partial charge < -0.3 is 10.2 Å². The van der Waals surface area contributed by atoms with E-state index in [0.717, 1.165) is 16.7 Å². The fourth-order valence-corrected chi connectivity index (χ4v) is 3.16. The third-order valence-electron chi connectivity index (χ3n) is 4.51. The highest BCUT2D eigenvalue weighted by atomic mass is 35.5. The number of amides is 2. The Balaban J connectivity index is 2.27. The smallest absolute Gasteiger partial charge is 0.242 e. The molecule has 28 heavy (non-hydrogen) atoms. The van der Waals surface area contributed by atoms with Crippen molar-refractivity contribution in [1.29, 1.82) is 0 Å². The zero-order chi connectivity index (χ0) is 20.9. The van der Waals surface area contributed by atoms with Gasteiger partial charge in [-0.25, -0.2) is 0 Å². The van der Waals surface area contributed by atoms with E-state index in [4.69, 9.17) is 11.6 Å². The number of halogens is 1. The number of benzene rings is 2. The molecule has 2 aromatic carbocycles. The molecule has 1 atom stereocenters. The first-order valence-corrected chi connectivity index (χ1v) is 9.85. The van der Waals surface area contributed by atoms with Crippen LogP contribution in [-0.4, -0.2) is 28.3 Å². The van der Waals surface area contributed by atoms with Crippen LogP contribution in [0.5, 0.6) is 0 Å². The fraction of sp³-hybridized carbons (Fsp3) is 0.391. The van der Waals surface area contributed by atoms with Crippen LogP contribution in [0.2, 0.25) is 5.02 Å². The van der Waals surface area contributed by atoms with E-state index in [1.807, 2.05) is 64.1 Å². The summed E-state index contributed by atoms with van der Waals surface area (Å²) in [5.41, 5.74) is 2.58. The van der Waals surface area contributed by atoms with Crippen molar-refractivity contribution in [2.45, 2.75) is 59.2 Å². The molecule has 0 aromatic heterocycles. The van der Waals surface area contributed by atoms with E-state index in [1.165, 1.54) is 0 Å². The lowest BCUT2D eigenvalue weighted by atomic mass is 10.0. The molecule has 0 radical (unpaired) electrons. The van der Waals surface area contributed by atoms with Gasteiger partial charge in [0.2, 0.25) is 11.8 Å². The minimum atomic E-state index is -0.592. The predicted octanol–water partition coefficient (Wildman–Crippen LogP) is 4.52. The molecule has 2 aromatic rings. The second-order valence-electron chi connectivity index (χ2n) is 8.17. The van der Waals surface area contributed by atoms with E-state index < -0.39 is 6.04 Å². The van der Waals surface area contributed by atoms with E-state index in [2.05, 4.69) is 5.32 Å². The number of carbonyl (C=O) groups excluding carboxylic acids is 2. The highest BCUT2D eigenvalue weighted by Crippen LogP contribution is 2.17. The summed E-state index contributed by atoms with van der Waals surface area (Å²) in [5.74, 6) is -0.275. The highest BCUT2D eigenvalue weighted by Gasteiger charge is 2.28. The van der Waals surface area contributed by atoms with Gasteiger partial charge in [0.05, 0.1) is 6.42 Å². The molecule has 4 nitrogen and oxygen atoms in total. The highest BCUT2D eigenvalue weighted by molar-refractivity contribution is 6.30. The zero-order valence-corrected chi connectivity index (χ0v) is 18.0. The van der Waals surface area contributed by atoms with Crippen LogP contribution in [0.15, 0.2) is 48.5 Å². The Morgan fingerprint density at radius 2 is 1.79 bits per heavy atom. The fourth-order valence-electron chi connectivity index (χ4n) is 2.95. The third-order valence-corrected chi connectivity index (χ3v) is 4.75. The summed E-state index contributed by atoms with van der Waals surface area (Å²) in [7, 11) is 0. The van der Waals surface area contributed by atoms with Crippen LogP contribution in [-0.2, 0) is 22.6 Å². The Morgan fingerprint density at radius 3 is 2.39 bits per heavy atom. The van der Waals surface area contributed by atoms with E-state index in [-0.39, 0.29) is 23.8 Å². The lowest BCUT2D eigenvalue weighted by molar-refractivity contribution is -0.140. The molecule has 2 amide bonds. The summed E-state index contributed by atoms with van der Waals surface area (Å²) in [6.45, 7) is 9.94. The normalized spacial score (nSPS) is 12.4. The molecule has 0 heterocycles. The molecule has 0 aliphatic carbocycles. The van der Waals surface area contributed by atoms with Crippen molar-refractivity contribution in [3.63, 3.8) is 0 Å². The molecule has 0 unspecified atom stereocenters. The van der Waals surface area contributed by atoms with Gasteiger partial charge in [0.1, 0.15) is 6.04 Å². The maximum absolute atomic E-state index is 13.2. The summed E-state index contributed by atoms with van der Waals surface area (Å²) >= 11 is 6.06. The first kappa shape index (κ1) is 22.0. The summed E-state index contributed by atoms with van der Waals surface area (Å²) < 4.78 is 0. The summed E-state index contributed by atoms with van der Waals surface area (Å²) in [6.07, 6.45) is 0.194. The molecule has 2 rings (SSSR count). The third kappa shape index (κ3) is 6.38. The average Bonchev–Trinajstić information content (AvgIpc) is 2.59. The maximum atomic E-state index is 13.2. The Hall–Kier alpha value is -2.33. The average molecular weight is 401 g/mol. The van der Waals surface area contributed by atoms with E-state index in [0.29, 0.717) is 11.6 Å². The Bertz CT molecular complexity index is 842. The number of rotatable bonds is 6. The SMILES string of the molecule is Cc1ccccc1CN(C(=O)Cc1cccc(Cl)c1)[C@@H](C)C(=O)NC(C)(C)C. The van der Waals surface area contributed by atoms with Crippen LogP contribution < -0.4 is 5.32 Å². The van der Waals surface area contributed by atoms with Crippen LogP contribution in [0.3, 0.4) is 0 Å². The second-order valence-corrected chi connectivity index (χ2v) is 8.61. The second kappa shape index (κ2) is 9.24. The van der Waals surface area contributed by atoms with Crippen molar-refractivity contribution in [3.8, 4) is 0 Å². The molecule has 5 heteroatoms. The first-order valence-electron chi connectivity index (χ1n) is 9.47. The van der Waals surface area contributed by atoms with Gasteiger partial charge in [0.25, 0.3) is 0 Å². The predicted molar refractivity (Wildman–Crippen MR) is 114 cm³/mol. The van der Waals surface area contributed by atoms with Gasteiger partial charge in [-0.15, -0.1) is 0 Å². The molecule has 0 bridgehead atoms. The van der Waals surface area contributed by atoms with Gasteiger partial charge in [-0.1, -0.05) is 48.0 Å². The molecule has 0 aliphatic rings. The lowest BCUT2D eigenvalue weighted by Crippen LogP contribution is -2.52. The van der Waals surface area contributed by atoms with Crippen LogP contribution in [0.1, 0.15) is 44.4 Å². The largest absolute Gasteiger partial charge is 0.350 e. The van der Waals surface area contributed by atoms with Gasteiger partial charge in [-0.05, 0) is 63.4 Å². The number of carbonyl (C=O) groups is 2. The standard InChI is InChI=1S/C23H29ClN2O2/c1-16-9-6-7-11-19(16)15-26(17(2)22(28)25-23(3,4)5)21(27)14-18-10-8-12-20(24)13-18/h6-13,17H,14-15H2,1-5H3,(H,25,28)/t17-/m0/s1. The molecule has 0 aliphatic heterocycles. The van der Waals surface area contributed by atoms with Gasteiger partial charge >= 0.3 is 0 Å².